The zero-order valence-electron chi connectivity index (χ0n) is 8.89. The van der Waals surface area contributed by atoms with Crippen LogP contribution < -0.4 is 14.9 Å². The molecule has 0 aliphatic carbocycles. The largest absolute Gasteiger partial charge is 0.282 e. The minimum Gasteiger partial charge on any atom is -0.282 e. The lowest BCUT2D eigenvalue weighted by Gasteiger charge is -1.91. The zero-order valence-corrected chi connectivity index (χ0v) is 10.5. The lowest BCUT2D eigenvalue weighted by molar-refractivity contribution is 0.740. The van der Waals surface area contributed by atoms with Crippen molar-refractivity contribution in [3.8, 4) is 0 Å². The Labute approximate surface area is 106 Å². The van der Waals surface area contributed by atoms with E-state index in [-0.39, 0.29) is 5.56 Å². The van der Waals surface area contributed by atoms with E-state index in [1.54, 1.807) is 4.57 Å². The fourth-order valence-electron chi connectivity index (χ4n) is 1.78. The molecular weight excluding hydrogens is 256 g/mol. The van der Waals surface area contributed by atoms with E-state index >= 15 is 0 Å². The van der Waals surface area contributed by atoms with Gasteiger partial charge in [0.15, 0.2) is 4.80 Å². The molecule has 1 aromatic carbocycles. The van der Waals surface area contributed by atoms with E-state index in [9.17, 15) is 4.79 Å². The number of nitrogens with zero attached hydrogens (tertiary/aromatic N) is 2. The predicted molar refractivity (Wildman–Crippen MR) is 69.2 cm³/mol. The van der Waals surface area contributed by atoms with E-state index in [0.29, 0.717) is 11.6 Å². The number of hydrogen-bond acceptors (Lipinski definition) is 3. The highest BCUT2D eigenvalue weighted by Gasteiger charge is 2.09. The maximum absolute atomic E-state index is 12.0. The SMILES string of the molecule is O=c1/c(=C/c2ccc(Cl)cc2)sc2n1CCN=2. The van der Waals surface area contributed by atoms with Crippen LogP contribution in [0.1, 0.15) is 5.56 Å². The summed E-state index contributed by atoms with van der Waals surface area (Å²) in [6, 6.07) is 7.43. The molecule has 0 atom stereocenters. The molecule has 0 bridgehead atoms. The molecule has 2 heterocycles. The Morgan fingerprint density at radius 1 is 1.35 bits per heavy atom. The van der Waals surface area contributed by atoms with Gasteiger partial charge in [-0.05, 0) is 23.8 Å². The Balaban J connectivity index is 2.17. The van der Waals surface area contributed by atoms with Crippen molar-refractivity contribution in [2.24, 2.45) is 4.99 Å². The first-order valence-corrected chi connectivity index (χ1v) is 6.45. The number of thiazole rings is 1. The molecule has 3 rings (SSSR count). The number of aromatic nitrogens is 1. The Kier molecular flexibility index (Phi) is 2.61. The first-order valence-electron chi connectivity index (χ1n) is 5.25. The summed E-state index contributed by atoms with van der Waals surface area (Å²) in [7, 11) is 0. The fourth-order valence-corrected chi connectivity index (χ4v) is 2.93. The van der Waals surface area contributed by atoms with Gasteiger partial charge in [0.1, 0.15) is 0 Å². The van der Waals surface area contributed by atoms with Gasteiger partial charge in [-0.2, -0.15) is 0 Å². The minimum atomic E-state index is 0.0567. The van der Waals surface area contributed by atoms with Gasteiger partial charge in [0.05, 0.1) is 11.1 Å². The molecule has 0 unspecified atom stereocenters. The highest BCUT2D eigenvalue weighted by atomic mass is 35.5. The molecule has 0 spiro atoms. The zero-order chi connectivity index (χ0) is 11.8. The lowest BCUT2D eigenvalue weighted by Crippen LogP contribution is -2.29. The quantitative estimate of drug-likeness (QED) is 0.757. The summed E-state index contributed by atoms with van der Waals surface area (Å²) < 4.78 is 2.46. The van der Waals surface area contributed by atoms with Gasteiger partial charge in [-0.25, -0.2) is 0 Å². The molecule has 0 fully saturated rings. The summed E-state index contributed by atoms with van der Waals surface area (Å²) in [5.74, 6) is 0. The van der Waals surface area contributed by atoms with Crippen LogP contribution in [0.5, 0.6) is 0 Å². The van der Waals surface area contributed by atoms with Gasteiger partial charge in [-0.1, -0.05) is 35.1 Å². The second-order valence-electron chi connectivity index (χ2n) is 3.78. The predicted octanol–water partition coefficient (Wildman–Crippen LogP) is 1.03. The second-order valence-corrected chi connectivity index (χ2v) is 5.23. The van der Waals surface area contributed by atoms with E-state index in [4.69, 9.17) is 11.6 Å². The Morgan fingerprint density at radius 2 is 2.12 bits per heavy atom. The second kappa shape index (κ2) is 4.13. The van der Waals surface area contributed by atoms with Crippen molar-refractivity contribution >= 4 is 29.0 Å². The molecule has 3 nitrogen and oxygen atoms in total. The summed E-state index contributed by atoms with van der Waals surface area (Å²) in [6.45, 7) is 1.43. The molecule has 1 aliphatic heterocycles. The summed E-state index contributed by atoms with van der Waals surface area (Å²) in [5, 5.41) is 0.697. The molecule has 2 aromatic rings. The first-order chi connectivity index (χ1) is 8.24. The van der Waals surface area contributed by atoms with Crippen LogP contribution in [-0.2, 0) is 6.54 Å². The Hall–Kier alpha value is -1.39. The first kappa shape index (κ1) is 10.7. The van der Waals surface area contributed by atoms with Crippen molar-refractivity contribution < 1.29 is 0 Å². The van der Waals surface area contributed by atoms with Crippen LogP contribution in [-0.4, -0.2) is 11.1 Å². The van der Waals surface area contributed by atoms with E-state index in [1.807, 2.05) is 30.3 Å². The molecule has 0 N–H and O–H groups in total. The van der Waals surface area contributed by atoms with E-state index < -0.39 is 0 Å². The number of halogens is 1. The van der Waals surface area contributed by atoms with E-state index in [0.717, 1.165) is 21.4 Å². The molecule has 5 heteroatoms. The van der Waals surface area contributed by atoms with Gasteiger partial charge in [0, 0.05) is 11.6 Å². The van der Waals surface area contributed by atoms with Crippen molar-refractivity contribution in [2.75, 3.05) is 6.54 Å². The molecule has 0 saturated heterocycles. The van der Waals surface area contributed by atoms with Gasteiger partial charge in [-0.15, -0.1) is 0 Å². The van der Waals surface area contributed by atoms with Gasteiger partial charge in [0.25, 0.3) is 5.56 Å². The van der Waals surface area contributed by atoms with Crippen LogP contribution in [0.3, 0.4) is 0 Å². The molecule has 0 amide bonds. The molecule has 0 radical (unpaired) electrons. The molecular formula is C12H9ClN2OS. The summed E-state index contributed by atoms with van der Waals surface area (Å²) >= 11 is 7.26. The van der Waals surface area contributed by atoms with Crippen molar-refractivity contribution in [3.63, 3.8) is 0 Å². The summed E-state index contributed by atoms with van der Waals surface area (Å²) in [4.78, 5) is 17.1. The third kappa shape index (κ3) is 1.94. The van der Waals surface area contributed by atoms with Gasteiger partial charge >= 0.3 is 0 Å². The van der Waals surface area contributed by atoms with Crippen molar-refractivity contribution in [3.05, 3.63) is 54.5 Å². The fraction of sp³-hybridized carbons (Fsp3) is 0.167. The molecule has 17 heavy (non-hydrogen) atoms. The smallest absolute Gasteiger partial charge is 0.270 e. The van der Waals surface area contributed by atoms with Crippen molar-refractivity contribution in [1.29, 1.82) is 0 Å². The minimum absolute atomic E-state index is 0.0567. The van der Waals surface area contributed by atoms with Crippen molar-refractivity contribution in [2.45, 2.75) is 6.54 Å². The average molecular weight is 265 g/mol. The maximum Gasteiger partial charge on any atom is 0.270 e. The van der Waals surface area contributed by atoms with Crippen LogP contribution in [0, 0.1) is 0 Å². The molecule has 86 valence electrons. The van der Waals surface area contributed by atoms with Crippen LogP contribution in [0.15, 0.2) is 34.1 Å². The monoisotopic (exact) mass is 264 g/mol. The van der Waals surface area contributed by atoms with Crippen LogP contribution in [0.25, 0.3) is 6.08 Å². The standard InChI is InChI=1S/C12H9ClN2OS/c13-9-3-1-8(2-4-9)7-10-11(16)15-6-5-14-12(15)17-10/h1-4,7H,5-6H2/b10-7-. The van der Waals surface area contributed by atoms with Gasteiger partial charge in [0.2, 0.25) is 0 Å². The Bertz CT molecular complexity index is 727. The maximum atomic E-state index is 12.0. The third-order valence-corrected chi connectivity index (χ3v) is 3.92. The number of hydrogen-bond donors (Lipinski definition) is 0. The van der Waals surface area contributed by atoms with Crippen LogP contribution in [0.2, 0.25) is 5.02 Å². The van der Waals surface area contributed by atoms with Gasteiger partial charge in [-0.3, -0.25) is 14.4 Å². The van der Waals surface area contributed by atoms with Crippen LogP contribution >= 0.6 is 22.9 Å². The van der Waals surface area contributed by atoms with Crippen LogP contribution in [0.4, 0.5) is 0 Å². The topological polar surface area (TPSA) is 34.4 Å². The molecule has 0 saturated carbocycles. The molecule has 1 aliphatic rings. The third-order valence-electron chi connectivity index (χ3n) is 2.63. The summed E-state index contributed by atoms with van der Waals surface area (Å²) in [6.07, 6.45) is 1.88. The summed E-state index contributed by atoms with van der Waals surface area (Å²) in [5.41, 5.74) is 1.04. The normalized spacial score (nSPS) is 14.8. The molecule has 1 aromatic heterocycles. The number of benzene rings is 1. The lowest BCUT2D eigenvalue weighted by atomic mass is 10.2. The number of rotatable bonds is 1. The van der Waals surface area contributed by atoms with Gasteiger partial charge < -0.3 is 0 Å². The number of fused-ring (bicyclic) bond motifs is 1. The Morgan fingerprint density at radius 3 is 2.82 bits per heavy atom. The van der Waals surface area contributed by atoms with E-state index in [2.05, 4.69) is 4.99 Å². The van der Waals surface area contributed by atoms with Crippen molar-refractivity contribution in [1.82, 2.24) is 4.57 Å². The highest BCUT2D eigenvalue weighted by Crippen LogP contribution is 2.09. The van der Waals surface area contributed by atoms with E-state index in [1.165, 1.54) is 11.3 Å². The average Bonchev–Trinajstić information content (AvgIpc) is 2.87. The highest BCUT2D eigenvalue weighted by molar-refractivity contribution is 7.07.